The number of rotatable bonds is 7. The molecule has 0 radical (unpaired) electrons. The molecule has 2 aliphatic carbocycles. The predicted octanol–water partition coefficient (Wildman–Crippen LogP) is 3.81. The lowest BCUT2D eigenvalue weighted by Gasteiger charge is -2.49. The maximum Gasteiger partial charge on any atom is 0.330 e. The van der Waals surface area contributed by atoms with E-state index in [0.717, 1.165) is 51.4 Å². The molecule has 4 rings (SSSR count). The van der Waals surface area contributed by atoms with Gasteiger partial charge in [0.1, 0.15) is 23.3 Å². The van der Waals surface area contributed by atoms with Crippen LogP contribution >= 0.6 is 0 Å². The molecule has 10 nitrogen and oxygen atoms in total. The van der Waals surface area contributed by atoms with E-state index in [0.29, 0.717) is 6.54 Å². The molecule has 3 fully saturated rings. The summed E-state index contributed by atoms with van der Waals surface area (Å²) in [5, 5.41) is 16.7. The molecule has 2 heterocycles. The number of nitrogens with one attached hydrogen (secondary N) is 2. The Bertz CT molecular complexity index is 1140. The quantitative estimate of drug-likeness (QED) is 0.453. The van der Waals surface area contributed by atoms with Crippen LogP contribution in [0.2, 0.25) is 0 Å². The second kappa shape index (κ2) is 11.7. The molecular formula is C31H47N5O5. The van der Waals surface area contributed by atoms with Gasteiger partial charge >= 0.3 is 5.97 Å². The normalized spacial score (nSPS) is 26.6. The summed E-state index contributed by atoms with van der Waals surface area (Å²) in [6.07, 6.45) is 11.4. The van der Waals surface area contributed by atoms with E-state index >= 15 is 0 Å². The van der Waals surface area contributed by atoms with Crippen LogP contribution in [0.3, 0.4) is 0 Å². The van der Waals surface area contributed by atoms with Gasteiger partial charge in [-0.05, 0) is 54.3 Å². The van der Waals surface area contributed by atoms with Gasteiger partial charge in [0.05, 0.1) is 6.20 Å². The number of nitrogens with zero attached hydrogens (tertiary/aromatic N) is 3. The zero-order valence-electron chi connectivity index (χ0n) is 25.4. The largest absolute Gasteiger partial charge is 0.479 e. The monoisotopic (exact) mass is 569 g/mol. The second-order valence-electron chi connectivity index (χ2n) is 14.3. The average Bonchev–Trinajstić information content (AvgIpc) is 3.50. The molecular weight excluding hydrogens is 522 g/mol. The summed E-state index contributed by atoms with van der Waals surface area (Å²) < 4.78 is 0. The Morgan fingerprint density at radius 2 is 1.63 bits per heavy atom. The molecule has 0 spiro atoms. The van der Waals surface area contributed by atoms with Gasteiger partial charge in [-0.3, -0.25) is 19.4 Å². The van der Waals surface area contributed by atoms with E-state index in [-0.39, 0.29) is 29.4 Å². The second-order valence-corrected chi connectivity index (χ2v) is 14.3. The molecule has 1 aliphatic heterocycles. The number of carboxylic acids is 1. The smallest absolute Gasteiger partial charge is 0.330 e. The van der Waals surface area contributed by atoms with Crippen molar-refractivity contribution in [1.82, 2.24) is 25.5 Å². The molecule has 3 amide bonds. The minimum absolute atomic E-state index is 0.0843. The van der Waals surface area contributed by atoms with Crippen molar-refractivity contribution in [2.24, 2.45) is 28.6 Å². The van der Waals surface area contributed by atoms with Crippen LogP contribution in [-0.2, 0) is 14.4 Å². The summed E-state index contributed by atoms with van der Waals surface area (Å²) in [7, 11) is 0. The number of carbonyl (C=O) groups excluding carboxylic acids is 3. The zero-order chi connectivity index (χ0) is 30.2. The molecule has 3 aliphatic rings. The number of fused-ring (bicyclic) bond motifs is 1. The molecule has 2 unspecified atom stereocenters. The van der Waals surface area contributed by atoms with Gasteiger partial charge in [-0.15, -0.1) is 0 Å². The number of hydrogen-bond acceptors (Lipinski definition) is 6. The third-order valence-corrected chi connectivity index (χ3v) is 9.66. The van der Waals surface area contributed by atoms with Gasteiger partial charge in [0.25, 0.3) is 5.91 Å². The van der Waals surface area contributed by atoms with Gasteiger partial charge in [-0.1, -0.05) is 67.2 Å². The third-order valence-electron chi connectivity index (χ3n) is 9.66. The van der Waals surface area contributed by atoms with Crippen molar-refractivity contribution < 1.29 is 24.3 Å². The summed E-state index contributed by atoms with van der Waals surface area (Å²) in [6, 6.07) is -1.83. The van der Waals surface area contributed by atoms with Crippen molar-refractivity contribution in [3.8, 4) is 0 Å². The van der Waals surface area contributed by atoms with Gasteiger partial charge in [0.15, 0.2) is 0 Å². The van der Waals surface area contributed by atoms with Crippen molar-refractivity contribution in [2.45, 2.75) is 111 Å². The van der Waals surface area contributed by atoms with Gasteiger partial charge in [0, 0.05) is 18.9 Å². The van der Waals surface area contributed by atoms with E-state index in [2.05, 4.69) is 20.6 Å². The van der Waals surface area contributed by atoms with Crippen LogP contribution in [0.4, 0.5) is 0 Å². The molecule has 10 heteroatoms. The van der Waals surface area contributed by atoms with Crippen LogP contribution < -0.4 is 10.6 Å². The number of likely N-dealkylation sites (tertiary alicyclic amines) is 1. The lowest BCUT2D eigenvalue weighted by Crippen LogP contribution is -2.68. The maximum absolute atomic E-state index is 14.5. The summed E-state index contributed by atoms with van der Waals surface area (Å²) in [4.78, 5) is 64.4. The van der Waals surface area contributed by atoms with E-state index in [1.165, 1.54) is 18.6 Å². The molecule has 0 aromatic carbocycles. The fourth-order valence-corrected chi connectivity index (χ4v) is 7.74. The van der Waals surface area contributed by atoms with Gasteiger partial charge in [0.2, 0.25) is 11.8 Å². The van der Waals surface area contributed by atoms with Crippen molar-refractivity contribution >= 4 is 23.7 Å². The van der Waals surface area contributed by atoms with Crippen molar-refractivity contribution in [3.05, 3.63) is 24.3 Å². The predicted molar refractivity (Wildman–Crippen MR) is 154 cm³/mol. The highest BCUT2D eigenvalue weighted by atomic mass is 16.4. The fourth-order valence-electron chi connectivity index (χ4n) is 7.74. The van der Waals surface area contributed by atoms with Crippen molar-refractivity contribution in [1.29, 1.82) is 0 Å². The minimum atomic E-state index is -1.37. The van der Waals surface area contributed by atoms with Crippen LogP contribution in [-0.4, -0.2) is 67.8 Å². The molecule has 5 atom stereocenters. The van der Waals surface area contributed by atoms with E-state index in [4.69, 9.17) is 0 Å². The Hall–Kier alpha value is -3.04. The Labute approximate surface area is 243 Å². The van der Waals surface area contributed by atoms with Gasteiger partial charge in [-0.2, -0.15) is 0 Å². The van der Waals surface area contributed by atoms with Gasteiger partial charge < -0.3 is 20.6 Å². The van der Waals surface area contributed by atoms with E-state index in [9.17, 15) is 24.3 Å². The van der Waals surface area contributed by atoms with E-state index in [1.807, 2.05) is 41.5 Å². The lowest BCUT2D eigenvalue weighted by molar-refractivity contribution is -0.170. The summed E-state index contributed by atoms with van der Waals surface area (Å²) >= 11 is 0. The zero-order valence-corrected chi connectivity index (χ0v) is 25.4. The van der Waals surface area contributed by atoms with Crippen molar-refractivity contribution in [3.63, 3.8) is 0 Å². The van der Waals surface area contributed by atoms with Crippen LogP contribution in [0.1, 0.15) is 103 Å². The topological polar surface area (TPSA) is 142 Å². The molecule has 1 aromatic rings. The molecule has 1 saturated heterocycles. The van der Waals surface area contributed by atoms with E-state index < -0.39 is 46.2 Å². The Morgan fingerprint density at radius 1 is 0.951 bits per heavy atom. The maximum atomic E-state index is 14.5. The number of amides is 3. The number of aliphatic carboxylic acids is 1. The molecule has 226 valence electrons. The summed E-state index contributed by atoms with van der Waals surface area (Å²) in [6.45, 7) is 11.7. The third kappa shape index (κ3) is 5.84. The average molecular weight is 570 g/mol. The summed E-state index contributed by atoms with van der Waals surface area (Å²) in [5.74, 6) is -2.39. The Kier molecular flexibility index (Phi) is 8.81. The number of hydrogen-bond donors (Lipinski definition) is 3. The standard InChI is InChI=1S/C31H47N5O5/c1-29(2,3)24(27(39)36-18-20-13-10-14-21(20)31(36,28(40)41)30(4,5)6)35-26(38)23(19-11-8-7-9-12-19)34-25(37)22-17-32-15-16-33-22/h15-17,19-21,23-24H,7-14,18H2,1-6H3,(H,34,37)(H,35,38)(H,40,41)/t20-,21-,23?,24?,31+/m0/s1. The number of carboxylic acid groups (broad SMARTS) is 1. The Morgan fingerprint density at radius 3 is 2.20 bits per heavy atom. The highest BCUT2D eigenvalue weighted by Gasteiger charge is 2.67. The highest BCUT2D eigenvalue weighted by molar-refractivity contribution is 5.98. The SMILES string of the molecule is CC(C)(C)C(NC(=O)C(NC(=O)c1cnccn1)C1CCCCC1)C(=O)N1C[C@@H]2CCC[C@@H]2[C@@]1(C(=O)O)C(C)(C)C. The minimum Gasteiger partial charge on any atom is -0.479 e. The van der Waals surface area contributed by atoms with Crippen LogP contribution in [0.25, 0.3) is 0 Å². The van der Waals surface area contributed by atoms with Crippen molar-refractivity contribution in [2.75, 3.05) is 6.54 Å². The Balaban J connectivity index is 1.65. The molecule has 3 N–H and O–H groups in total. The molecule has 0 bridgehead atoms. The number of aromatic nitrogens is 2. The van der Waals surface area contributed by atoms with Crippen LogP contribution in [0.15, 0.2) is 18.6 Å². The molecule has 41 heavy (non-hydrogen) atoms. The first-order valence-electron chi connectivity index (χ1n) is 15.1. The first-order chi connectivity index (χ1) is 19.2. The summed E-state index contributed by atoms with van der Waals surface area (Å²) in [5.41, 5.74) is -2.69. The molecule has 1 aromatic heterocycles. The lowest BCUT2D eigenvalue weighted by atomic mass is 9.64. The fraction of sp³-hybridized carbons (Fsp3) is 0.742. The first-order valence-corrected chi connectivity index (χ1v) is 15.1. The number of carbonyl (C=O) groups is 4. The highest BCUT2D eigenvalue weighted by Crippen LogP contribution is 2.56. The van der Waals surface area contributed by atoms with Crippen LogP contribution in [0.5, 0.6) is 0 Å². The molecule has 2 saturated carbocycles. The van der Waals surface area contributed by atoms with Gasteiger partial charge in [-0.25, -0.2) is 9.78 Å². The van der Waals surface area contributed by atoms with E-state index in [1.54, 1.807) is 4.90 Å². The van der Waals surface area contributed by atoms with Crippen LogP contribution in [0, 0.1) is 28.6 Å². The first kappa shape index (κ1) is 30.9.